The third kappa shape index (κ3) is 4.58. The minimum absolute atomic E-state index is 0.0913. The Balaban J connectivity index is 2.28. The molecule has 24 heavy (non-hydrogen) atoms. The summed E-state index contributed by atoms with van der Waals surface area (Å²) < 4.78 is 0. The Morgan fingerprint density at radius 1 is 1.04 bits per heavy atom. The van der Waals surface area contributed by atoms with Gasteiger partial charge in [0.15, 0.2) is 0 Å². The van der Waals surface area contributed by atoms with Crippen LogP contribution in [0.3, 0.4) is 0 Å². The molecule has 0 atom stereocenters. The molecule has 2 aromatic carbocycles. The Morgan fingerprint density at radius 2 is 1.67 bits per heavy atom. The van der Waals surface area contributed by atoms with Gasteiger partial charge in [-0.15, -0.1) is 0 Å². The normalized spacial score (nSPS) is 12.2. The second-order valence-electron chi connectivity index (χ2n) is 6.78. The van der Waals surface area contributed by atoms with Crippen molar-refractivity contribution in [1.29, 1.82) is 0 Å². The second-order valence-corrected chi connectivity index (χ2v) is 6.78. The highest BCUT2D eigenvalue weighted by molar-refractivity contribution is 5.89. The number of benzene rings is 2. The van der Waals surface area contributed by atoms with Crippen molar-refractivity contribution in [2.75, 3.05) is 0 Å². The van der Waals surface area contributed by atoms with Crippen molar-refractivity contribution in [2.45, 2.75) is 40.0 Å². The maximum absolute atomic E-state index is 11.4. The maximum Gasteiger partial charge on any atom is 0.335 e. The molecule has 0 aliphatic heterocycles. The van der Waals surface area contributed by atoms with E-state index in [1.165, 1.54) is 11.1 Å². The molecule has 0 spiro atoms. The van der Waals surface area contributed by atoms with E-state index in [1.54, 1.807) is 12.1 Å². The van der Waals surface area contributed by atoms with Gasteiger partial charge in [0.05, 0.1) is 5.56 Å². The molecule has 0 unspecified atom stereocenters. The van der Waals surface area contributed by atoms with Gasteiger partial charge in [0.25, 0.3) is 0 Å². The SMILES string of the molecule is CCC(C)(C)C(=Cc1ccccc1)CCc1ccccc1C(=O)O. The van der Waals surface area contributed by atoms with Crippen molar-refractivity contribution >= 4 is 12.0 Å². The number of aromatic carboxylic acids is 1. The third-order valence-electron chi connectivity index (χ3n) is 4.81. The number of aryl methyl sites for hydroxylation is 1. The molecule has 2 heteroatoms. The Morgan fingerprint density at radius 3 is 2.29 bits per heavy atom. The number of carbonyl (C=O) groups is 1. The van der Waals surface area contributed by atoms with Gasteiger partial charge in [-0.2, -0.15) is 0 Å². The van der Waals surface area contributed by atoms with Gasteiger partial charge in [-0.3, -0.25) is 0 Å². The van der Waals surface area contributed by atoms with Crippen LogP contribution in [0.2, 0.25) is 0 Å². The van der Waals surface area contributed by atoms with E-state index in [1.807, 2.05) is 30.3 Å². The number of hydrogen-bond donors (Lipinski definition) is 1. The predicted molar refractivity (Wildman–Crippen MR) is 100 cm³/mol. The number of allylic oxidation sites excluding steroid dienone is 1. The average molecular weight is 322 g/mol. The molecule has 0 radical (unpaired) electrons. The molecule has 1 N–H and O–H groups in total. The number of hydrogen-bond acceptors (Lipinski definition) is 1. The molecule has 0 saturated heterocycles. The summed E-state index contributed by atoms with van der Waals surface area (Å²) in [5.41, 5.74) is 3.95. The van der Waals surface area contributed by atoms with Crippen LogP contribution in [0.1, 0.15) is 55.1 Å². The fourth-order valence-corrected chi connectivity index (χ4v) is 2.80. The summed E-state index contributed by atoms with van der Waals surface area (Å²) in [4.78, 5) is 11.4. The molecule has 0 amide bonds. The van der Waals surface area contributed by atoms with Gasteiger partial charge in [-0.1, -0.05) is 81.0 Å². The van der Waals surface area contributed by atoms with E-state index >= 15 is 0 Å². The van der Waals surface area contributed by atoms with Crippen molar-refractivity contribution in [1.82, 2.24) is 0 Å². The number of rotatable bonds is 7. The molecule has 126 valence electrons. The van der Waals surface area contributed by atoms with Crippen molar-refractivity contribution in [3.05, 3.63) is 76.9 Å². The zero-order valence-electron chi connectivity index (χ0n) is 14.8. The van der Waals surface area contributed by atoms with Crippen LogP contribution in [0, 0.1) is 5.41 Å². The zero-order valence-corrected chi connectivity index (χ0v) is 14.8. The van der Waals surface area contributed by atoms with E-state index in [4.69, 9.17) is 0 Å². The maximum atomic E-state index is 11.4. The smallest absolute Gasteiger partial charge is 0.335 e. The van der Waals surface area contributed by atoms with Crippen LogP contribution < -0.4 is 0 Å². The van der Waals surface area contributed by atoms with Gasteiger partial charge < -0.3 is 5.11 Å². The standard InChI is InChI=1S/C22H26O2/c1-4-22(2,3)19(16-17-10-6-5-7-11-17)15-14-18-12-8-9-13-20(18)21(23)24/h5-13,16H,4,14-15H2,1-3H3,(H,23,24). The van der Waals surface area contributed by atoms with Crippen LogP contribution in [-0.2, 0) is 6.42 Å². The van der Waals surface area contributed by atoms with Gasteiger partial charge in [-0.05, 0) is 41.9 Å². The van der Waals surface area contributed by atoms with Gasteiger partial charge in [0, 0.05) is 0 Å². The summed E-state index contributed by atoms with van der Waals surface area (Å²) in [6.45, 7) is 6.71. The van der Waals surface area contributed by atoms with Crippen molar-refractivity contribution in [3.63, 3.8) is 0 Å². The topological polar surface area (TPSA) is 37.3 Å². The summed E-state index contributed by atoms with van der Waals surface area (Å²) in [5.74, 6) is -0.853. The monoisotopic (exact) mass is 322 g/mol. The zero-order chi connectivity index (χ0) is 17.6. The van der Waals surface area contributed by atoms with Crippen molar-refractivity contribution in [3.8, 4) is 0 Å². The molecule has 0 aliphatic rings. The molecule has 0 bridgehead atoms. The van der Waals surface area contributed by atoms with Gasteiger partial charge >= 0.3 is 5.97 Å². The van der Waals surface area contributed by atoms with Crippen LogP contribution in [0.25, 0.3) is 6.08 Å². The van der Waals surface area contributed by atoms with E-state index in [-0.39, 0.29) is 5.41 Å². The number of carboxylic acids is 1. The Bertz CT molecular complexity index is 712. The molecule has 0 heterocycles. The summed E-state index contributed by atoms with van der Waals surface area (Å²) in [5, 5.41) is 9.36. The van der Waals surface area contributed by atoms with Gasteiger partial charge in [0.1, 0.15) is 0 Å². The summed E-state index contributed by atoms with van der Waals surface area (Å²) in [6, 6.07) is 17.6. The van der Waals surface area contributed by atoms with Crippen LogP contribution in [0.5, 0.6) is 0 Å². The van der Waals surface area contributed by atoms with Crippen molar-refractivity contribution in [2.24, 2.45) is 5.41 Å². The summed E-state index contributed by atoms with van der Waals surface area (Å²) in [7, 11) is 0. The Hall–Kier alpha value is -2.35. The van der Waals surface area contributed by atoms with Crippen LogP contribution in [-0.4, -0.2) is 11.1 Å². The molecular weight excluding hydrogens is 296 g/mol. The lowest BCUT2D eigenvalue weighted by molar-refractivity contribution is 0.0695. The molecule has 0 aromatic heterocycles. The first-order valence-corrected chi connectivity index (χ1v) is 8.51. The Labute approximate surface area is 144 Å². The molecule has 0 aliphatic carbocycles. The van der Waals surface area contributed by atoms with E-state index in [0.717, 1.165) is 24.8 Å². The molecule has 2 rings (SSSR count). The highest BCUT2D eigenvalue weighted by Gasteiger charge is 2.21. The lowest BCUT2D eigenvalue weighted by Crippen LogP contribution is -2.14. The first kappa shape index (κ1) is 18.0. The Kier molecular flexibility index (Phi) is 5.97. The van der Waals surface area contributed by atoms with E-state index in [9.17, 15) is 9.90 Å². The highest BCUT2D eigenvalue weighted by Crippen LogP contribution is 2.35. The molecule has 2 nitrogen and oxygen atoms in total. The van der Waals surface area contributed by atoms with E-state index in [0.29, 0.717) is 5.56 Å². The first-order valence-electron chi connectivity index (χ1n) is 8.51. The fraction of sp³-hybridized carbons (Fsp3) is 0.318. The predicted octanol–water partition coefficient (Wildman–Crippen LogP) is 5.84. The second kappa shape index (κ2) is 7.96. The molecular formula is C22H26O2. The first-order chi connectivity index (χ1) is 11.4. The summed E-state index contributed by atoms with van der Waals surface area (Å²) in [6.07, 6.45) is 4.91. The lowest BCUT2D eigenvalue weighted by atomic mass is 9.78. The minimum atomic E-state index is -0.853. The summed E-state index contributed by atoms with van der Waals surface area (Å²) >= 11 is 0. The van der Waals surface area contributed by atoms with Crippen LogP contribution in [0.15, 0.2) is 60.2 Å². The van der Waals surface area contributed by atoms with Crippen LogP contribution in [0.4, 0.5) is 0 Å². The van der Waals surface area contributed by atoms with E-state index < -0.39 is 5.97 Å². The highest BCUT2D eigenvalue weighted by atomic mass is 16.4. The third-order valence-corrected chi connectivity index (χ3v) is 4.81. The molecule has 0 saturated carbocycles. The molecule has 0 fully saturated rings. The molecule has 2 aromatic rings. The van der Waals surface area contributed by atoms with Gasteiger partial charge in [0.2, 0.25) is 0 Å². The number of carboxylic acid groups (broad SMARTS) is 1. The van der Waals surface area contributed by atoms with Crippen molar-refractivity contribution < 1.29 is 9.90 Å². The minimum Gasteiger partial charge on any atom is -0.478 e. The van der Waals surface area contributed by atoms with Crippen LogP contribution >= 0.6 is 0 Å². The quantitative estimate of drug-likeness (QED) is 0.695. The largest absolute Gasteiger partial charge is 0.478 e. The average Bonchev–Trinajstić information content (AvgIpc) is 2.59. The fourth-order valence-electron chi connectivity index (χ4n) is 2.80. The van der Waals surface area contributed by atoms with Gasteiger partial charge in [-0.25, -0.2) is 4.79 Å². The van der Waals surface area contributed by atoms with E-state index in [2.05, 4.69) is 39.0 Å². The lowest BCUT2D eigenvalue weighted by Gasteiger charge is -2.27.